The molecule has 2 N–H and O–H groups in total. The largest absolute Gasteiger partial charge is 0.504 e. The first kappa shape index (κ1) is 14.7. The van der Waals surface area contributed by atoms with Crippen molar-refractivity contribution in [2.24, 2.45) is 5.92 Å². The predicted molar refractivity (Wildman–Crippen MR) is 93.5 cm³/mol. The molecule has 7 rings (SSSR count). The van der Waals surface area contributed by atoms with Crippen LogP contribution in [0.4, 0.5) is 0 Å². The summed E-state index contributed by atoms with van der Waals surface area (Å²) in [6.45, 7) is 2.85. The Hall–Kier alpha value is -1.30. The highest BCUT2D eigenvalue weighted by molar-refractivity contribution is 5.63. The van der Waals surface area contributed by atoms with Gasteiger partial charge < -0.3 is 19.7 Å². The molecule has 0 amide bonds. The van der Waals surface area contributed by atoms with E-state index in [-0.39, 0.29) is 23.5 Å². The molecule has 5 atom stereocenters. The number of piperidine rings is 1. The molecule has 5 nitrogen and oxygen atoms in total. The first-order chi connectivity index (χ1) is 12.6. The summed E-state index contributed by atoms with van der Waals surface area (Å²) < 4.78 is 12.4. The molecule has 2 saturated heterocycles. The standard InChI is InChI=1S/C21H25NO4/c23-14-4-3-13-9-15-21(24)6-5-19(11-25-19)18-20(21,16(13)17(14)26-18)7-8-22(15)10-12-1-2-12/h3-4,12,15,18,23-24H,1-2,5-11H2/t15-,18?,19?,20+,21?/m1/s1. The van der Waals surface area contributed by atoms with Gasteiger partial charge in [-0.15, -0.1) is 0 Å². The fourth-order valence-corrected chi connectivity index (χ4v) is 6.96. The number of fused-ring (bicyclic) bond motifs is 1. The van der Waals surface area contributed by atoms with Crippen molar-refractivity contribution >= 4 is 0 Å². The Bertz CT molecular complexity index is 832. The fraction of sp³-hybridized carbons (Fsp3) is 0.714. The topological polar surface area (TPSA) is 65.5 Å². The predicted octanol–water partition coefficient (Wildman–Crippen LogP) is 1.73. The molecule has 26 heavy (non-hydrogen) atoms. The summed E-state index contributed by atoms with van der Waals surface area (Å²) in [5.41, 5.74) is 0.896. The van der Waals surface area contributed by atoms with Gasteiger partial charge in [0.05, 0.1) is 17.6 Å². The van der Waals surface area contributed by atoms with E-state index in [1.54, 1.807) is 6.07 Å². The van der Waals surface area contributed by atoms with Crippen LogP contribution < -0.4 is 4.74 Å². The Morgan fingerprint density at radius 2 is 2.04 bits per heavy atom. The molecule has 4 fully saturated rings. The number of aromatic hydroxyl groups is 1. The van der Waals surface area contributed by atoms with Crippen LogP contribution in [0.1, 0.15) is 43.2 Å². The summed E-state index contributed by atoms with van der Waals surface area (Å²) in [4.78, 5) is 2.57. The van der Waals surface area contributed by atoms with Crippen LogP contribution in [0, 0.1) is 5.92 Å². The van der Waals surface area contributed by atoms with Crippen LogP contribution in [0.25, 0.3) is 0 Å². The quantitative estimate of drug-likeness (QED) is 0.791. The normalized spacial score (nSPS) is 47.6. The van der Waals surface area contributed by atoms with Gasteiger partial charge in [0.1, 0.15) is 11.7 Å². The second-order valence-corrected chi connectivity index (χ2v) is 9.60. The maximum Gasteiger partial charge on any atom is 0.165 e. The third kappa shape index (κ3) is 1.46. The van der Waals surface area contributed by atoms with Crippen molar-refractivity contribution in [3.05, 3.63) is 23.3 Å². The van der Waals surface area contributed by atoms with Gasteiger partial charge in [-0.3, -0.25) is 4.90 Å². The fourth-order valence-electron chi connectivity index (χ4n) is 6.96. The van der Waals surface area contributed by atoms with Crippen molar-refractivity contribution in [2.75, 3.05) is 19.7 Å². The van der Waals surface area contributed by atoms with Gasteiger partial charge in [-0.05, 0) is 62.6 Å². The van der Waals surface area contributed by atoms with Crippen molar-refractivity contribution in [2.45, 2.75) is 67.3 Å². The van der Waals surface area contributed by atoms with Gasteiger partial charge in [0.2, 0.25) is 0 Å². The van der Waals surface area contributed by atoms with Crippen LogP contribution in [-0.2, 0) is 16.6 Å². The highest BCUT2D eigenvalue weighted by Gasteiger charge is 2.78. The van der Waals surface area contributed by atoms with Crippen LogP contribution in [0.15, 0.2) is 12.1 Å². The number of nitrogens with zero attached hydrogens (tertiary/aromatic N) is 1. The average Bonchev–Trinajstić information content (AvgIpc) is 3.54. The Labute approximate surface area is 152 Å². The molecule has 3 heterocycles. The van der Waals surface area contributed by atoms with E-state index in [9.17, 15) is 10.2 Å². The molecule has 2 bridgehead atoms. The Morgan fingerprint density at radius 3 is 2.81 bits per heavy atom. The third-order valence-corrected chi connectivity index (χ3v) is 8.44. The number of phenols is 1. The van der Waals surface area contributed by atoms with Crippen molar-refractivity contribution < 1.29 is 19.7 Å². The number of phenolic OH excluding ortho intramolecular Hbond substituents is 1. The summed E-state index contributed by atoms with van der Waals surface area (Å²) in [5.74, 6) is 1.66. The first-order valence-electron chi connectivity index (χ1n) is 10.2. The second kappa shape index (κ2) is 4.23. The number of epoxide rings is 1. The molecule has 3 unspecified atom stereocenters. The molecular weight excluding hydrogens is 330 g/mol. The highest BCUT2D eigenvalue weighted by Crippen LogP contribution is 2.69. The van der Waals surface area contributed by atoms with Crippen LogP contribution in [-0.4, -0.2) is 58.2 Å². The minimum atomic E-state index is -0.784. The summed E-state index contributed by atoms with van der Waals surface area (Å²) in [5, 5.41) is 22.7. The molecular formula is C21H25NO4. The highest BCUT2D eigenvalue weighted by atomic mass is 16.6. The van der Waals surface area contributed by atoms with Gasteiger partial charge in [0, 0.05) is 18.2 Å². The zero-order chi connectivity index (χ0) is 17.3. The van der Waals surface area contributed by atoms with E-state index in [1.807, 2.05) is 0 Å². The number of benzene rings is 1. The molecule has 2 spiro atoms. The lowest BCUT2D eigenvalue weighted by atomic mass is 9.47. The lowest BCUT2D eigenvalue weighted by Crippen LogP contribution is -2.77. The lowest BCUT2D eigenvalue weighted by molar-refractivity contribution is -0.200. The zero-order valence-electron chi connectivity index (χ0n) is 14.9. The smallest absolute Gasteiger partial charge is 0.165 e. The summed E-state index contributed by atoms with van der Waals surface area (Å²) in [6, 6.07) is 3.99. The van der Waals surface area contributed by atoms with Gasteiger partial charge in [0.25, 0.3) is 0 Å². The van der Waals surface area contributed by atoms with Gasteiger partial charge in [0.15, 0.2) is 11.5 Å². The van der Waals surface area contributed by atoms with Gasteiger partial charge in [-0.1, -0.05) is 6.07 Å². The molecule has 3 aliphatic carbocycles. The SMILES string of the molecule is Oc1ccc2c3c1OC1C4(CCC5(O)[C@@H](C2)N(CC2CC2)CC[C@]315)CO4. The molecule has 2 saturated carbocycles. The molecule has 138 valence electrons. The first-order valence-corrected chi connectivity index (χ1v) is 10.2. The summed E-state index contributed by atoms with van der Waals surface area (Å²) >= 11 is 0. The number of likely N-dealkylation sites (tertiary alicyclic amines) is 1. The van der Waals surface area contributed by atoms with E-state index in [1.165, 1.54) is 18.4 Å². The molecule has 0 radical (unpaired) electrons. The van der Waals surface area contributed by atoms with Crippen molar-refractivity contribution in [1.29, 1.82) is 0 Å². The van der Waals surface area contributed by atoms with E-state index in [0.29, 0.717) is 5.75 Å². The van der Waals surface area contributed by atoms with Crippen molar-refractivity contribution in [3.8, 4) is 11.5 Å². The maximum atomic E-state index is 12.2. The van der Waals surface area contributed by atoms with E-state index in [4.69, 9.17) is 9.47 Å². The number of rotatable bonds is 2. The Morgan fingerprint density at radius 1 is 1.19 bits per heavy atom. The van der Waals surface area contributed by atoms with E-state index < -0.39 is 11.0 Å². The minimum Gasteiger partial charge on any atom is -0.504 e. The summed E-state index contributed by atoms with van der Waals surface area (Å²) in [7, 11) is 0. The van der Waals surface area contributed by atoms with Crippen LogP contribution >= 0.6 is 0 Å². The number of aliphatic hydroxyl groups is 1. The van der Waals surface area contributed by atoms with E-state index in [2.05, 4.69) is 11.0 Å². The average molecular weight is 355 g/mol. The Kier molecular flexibility index (Phi) is 2.40. The minimum absolute atomic E-state index is 0.155. The van der Waals surface area contributed by atoms with Gasteiger partial charge >= 0.3 is 0 Å². The number of hydrogen-bond donors (Lipinski definition) is 2. The number of hydrogen-bond acceptors (Lipinski definition) is 5. The third-order valence-electron chi connectivity index (χ3n) is 8.44. The van der Waals surface area contributed by atoms with Crippen molar-refractivity contribution in [3.63, 3.8) is 0 Å². The molecule has 1 aromatic rings. The molecule has 0 aromatic heterocycles. The summed E-state index contributed by atoms with van der Waals surface area (Å²) in [6.07, 6.45) is 5.89. The van der Waals surface area contributed by atoms with E-state index in [0.717, 1.165) is 56.9 Å². The monoisotopic (exact) mass is 355 g/mol. The van der Waals surface area contributed by atoms with Crippen LogP contribution in [0.5, 0.6) is 11.5 Å². The lowest BCUT2D eigenvalue weighted by Gasteiger charge is -2.64. The number of ether oxygens (including phenoxy) is 2. The van der Waals surface area contributed by atoms with Crippen molar-refractivity contribution in [1.82, 2.24) is 4.90 Å². The molecule has 1 aromatic carbocycles. The second-order valence-electron chi connectivity index (χ2n) is 9.60. The van der Waals surface area contributed by atoms with E-state index >= 15 is 0 Å². The molecule has 5 heteroatoms. The van der Waals surface area contributed by atoms with Gasteiger partial charge in [-0.25, -0.2) is 0 Å². The van der Waals surface area contributed by atoms with Gasteiger partial charge in [-0.2, -0.15) is 0 Å². The maximum absolute atomic E-state index is 12.2. The van der Waals surface area contributed by atoms with Crippen LogP contribution in [0.2, 0.25) is 0 Å². The van der Waals surface area contributed by atoms with Crippen LogP contribution in [0.3, 0.4) is 0 Å². The molecule has 3 aliphatic heterocycles. The zero-order valence-corrected chi connectivity index (χ0v) is 14.9. The Balaban J connectivity index is 1.46. The molecule has 6 aliphatic rings.